The molecular formula is C28H34F4N4O2. The number of aliphatic hydroxyl groups excluding tert-OH is 1. The van der Waals surface area contributed by atoms with E-state index in [4.69, 9.17) is 10.5 Å². The van der Waals surface area contributed by atoms with Gasteiger partial charge in [-0.15, -0.1) is 0 Å². The Morgan fingerprint density at radius 1 is 1.16 bits per heavy atom. The van der Waals surface area contributed by atoms with Crippen LogP contribution in [-0.4, -0.2) is 54.9 Å². The van der Waals surface area contributed by atoms with Crippen molar-refractivity contribution in [2.24, 2.45) is 11.1 Å². The van der Waals surface area contributed by atoms with Crippen LogP contribution in [0.3, 0.4) is 0 Å². The summed E-state index contributed by atoms with van der Waals surface area (Å²) in [6.45, 7) is 2.57. The second-order valence-electron chi connectivity index (χ2n) is 9.97. The minimum absolute atomic E-state index is 0.0331. The van der Waals surface area contributed by atoms with Crippen LogP contribution in [0.2, 0.25) is 0 Å². The molecule has 0 aliphatic carbocycles. The van der Waals surface area contributed by atoms with Crippen LogP contribution in [0.5, 0.6) is 5.75 Å². The molecule has 0 saturated carbocycles. The first-order chi connectivity index (χ1) is 18.3. The fourth-order valence-corrected chi connectivity index (χ4v) is 5.22. The van der Waals surface area contributed by atoms with Crippen LogP contribution in [0.1, 0.15) is 43.0 Å². The van der Waals surface area contributed by atoms with Gasteiger partial charge in [0.25, 0.3) is 0 Å². The second kappa shape index (κ2) is 12.3. The van der Waals surface area contributed by atoms with Crippen molar-refractivity contribution in [1.82, 2.24) is 9.88 Å². The number of hydrogen-bond donors (Lipinski definition) is 3. The average Bonchev–Trinajstić information content (AvgIpc) is 2.94. The zero-order chi connectivity index (χ0) is 27.3. The number of aliphatic hydroxyl groups is 1. The van der Waals surface area contributed by atoms with Crippen molar-refractivity contribution in [3.63, 3.8) is 0 Å². The summed E-state index contributed by atoms with van der Waals surface area (Å²) < 4.78 is 61.1. The standard InChI is InChI=1S/C28H34F4N4O2/c1-38-20-2-3-25-21(14-20)26(18(15-33)16-35-25)22(29)4-5-28(17-37)6-9-36(10-7-28)11-8-34-19-12-23(30)27(32)24(31)13-19/h2-3,12-14,16,22,34,37H,4-11,15,17,33H2,1H3. The number of piperidine rings is 1. The first-order valence-corrected chi connectivity index (χ1v) is 12.8. The highest BCUT2D eigenvalue weighted by Gasteiger charge is 2.35. The lowest BCUT2D eigenvalue weighted by atomic mass is 9.74. The molecule has 1 atom stereocenters. The monoisotopic (exact) mass is 534 g/mol. The number of aromatic nitrogens is 1. The van der Waals surface area contributed by atoms with Gasteiger partial charge in [0.15, 0.2) is 17.5 Å². The number of rotatable bonds is 11. The van der Waals surface area contributed by atoms with Crippen molar-refractivity contribution in [2.45, 2.75) is 38.4 Å². The summed E-state index contributed by atoms with van der Waals surface area (Å²) in [6.07, 6.45) is 2.51. The Balaban J connectivity index is 1.34. The first kappa shape index (κ1) is 28.1. The SMILES string of the molecule is COc1ccc2ncc(CN)c(C(F)CCC3(CO)CCN(CCNc4cc(F)c(F)c(F)c4)CC3)c2c1. The number of ether oxygens (including phenoxy) is 1. The molecule has 1 aromatic heterocycles. The number of likely N-dealkylation sites (tertiary alicyclic amines) is 1. The smallest absolute Gasteiger partial charge is 0.194 e. The molecule has 0 amide bonds. The fraction of sp³-hybridized carbons (Fsp3) is 0.464. The third-order valence-electron chi connectivity index (χ3n) is 7.65. The van der Waals surface area contributed by atoms with Gasteiger partial charge in [-0.05, 0) is 68.0 Å². The molecule has 10 heteroatoms. The highest BCUT2D eigenvalue weighted by Crippen LogP contribution is 2.41. The summed E-state index contributed by atoms with van der Waals surface area (Å²) in [4.78, 5) is 6.59. The lowest BCUT2D eigenvalue weighted by Gasteiger charge is -2.41. The Morgan fingerprint density at radius 2 is 1.87 bits per heavy atom. The normalized spacial score (nSPS) is 16.5. The van der Waals surface area contributed by atoms with Crippen molar-refractivity contribution in [3.8, 4) is 5.75 Å². The van der Waals surface area contributed by atoms with Crippen molar-refractivity contribution in [3.05, 3.63) is 65.1 Å². The molecular weight excluding hydrogens is 500 g/mol. The van der Waals surface area contributed by atoms with Gasteiger partial charge in [0.1, 0.15) is 11.9 Å². The minimum atomic E-state index is -1.49. The largest absolute Gasteiger partial charge is 0.497 e. The van der Waals surface area contributed by atoms with Crippen molar-refractivity contribution >= 4 is 16.6 Å². The van der Waals surface area contributed by atoms with Gasteiger partial charge in [-0.3, -0.25) is 4.98 Å². The summed E-state index contributed by atoms with van der Waals surface area (Å²) in [5, 5.41) is 13.8. The van der Waals surface area contributed by atoms with Gasteiger partial charge in [0, 0.05) is 61.2 Å². The van der Waals surface area contributed by atoms with E-state index in [9.17, 15) is 18.3 Å². The molecule has 1 aliphatic heterocycles. The van der Waals surface area contributed by atoms with E-state index in [1.54, 1.807) is 31.5 Å². The van der Waals surface area contributed by atoms with Crippen LogP contribution in [-0.2, 0) is 6.54 Å². The summed E-state index contributed by atoms with van der Waals surface area (Å²) in [7, 11) is 1.56. The lowest BCUT2D eigenvalue weighted by molar-refractivity contribution is 0.0315. The zero-order valence-electron chi connectivity index (χ0n) is 21.5. The molecule has 0 spiro atoms. The molecule has 6 nitrogen and oxygen atoms in total. The number of nitrogens with one attached hydrogen (secondary N) is 1. The molecule has 3 aromatic rings. The van der Waals surface area contributed by atoms with Gasteiger partial charge in [0.05, 0.1) is 12.6 Å². The molecule has 38 heavy (non-hydrogen) atoms. The number of alkyl halides is 1. The summed E-state index contributed by atoms with van der Waals surface area (Å²) in [5.74, 6) is -3.34. The number of hydrogen-bond acceptors (Lipinski definition) is 6. The van der Waals surface area contributed by atoms with Crippen LogP contribution in [0.4, 0.5) is 23.2 Å². The molecule has 206 valence electrons. The molecule has 4 N–H and O–H groups in total. The summed E-state index contributed by atoms with van der Waals surface area (Å²) in [5.41, 5.74) is 7.55. The van der Waals surface area contributed by atoms with E-state index in [-0.39, 0.29) is 30.7 Å². The van der Waals surface area contributed by atoms with Crippen molar-refractivity contribution in [2.75, 3.05) is 45.2 Å². The third kappa shape index (κ3) is 6.19. The molecule has 1 unspecified atom stereocenters. The van der Waals surface area contributed by atoms with E-state index < -0.39 is 23.6 Å². The van der Waals surface area contributed by atoms with Crippen molar-refractivity contribution < 1.29 is 27.4 Å². The Hall–Kier alpha value is -2.95. The van der Waals surface area contributed by atoms with Gasteiger partial charge in [-0.2, -0.15) is 0 Å². The zero-order valence-corrected chi connectivity index (χ0v) is 21.5. The number of pyridine rings is 1. The summed E-state index contributed by atoms with van der Waals surface area (Å²) in [6, 6.07) is 7.22. The predicted octanol–water partition coefficient (Wildman–Crippen LogP) is 5.10. The van der Waals surface area contributed by atoms with Gasteiger partial charge in [-0.1, -0.05) is 0 Å². The molecule has 0 radical (unpaired) electrons. The highest BCUT2D eigenvalue weighted by molar-refractivity contribution is 5.85. The molecule has 0 bridgehead atoms. The average molecular weight is 535 g/mol. The van der Waals surface area contributed by atoms with E-state index in [0.29, 0.717) is 73.2 Å². The quantitative estimate of drug-likeness (QED) is 0.235. The minimum Gasteiger partial charge on any atom is -0.497 e. The van der Waals surface area contributed by atoms with Crippen LogP contribution in [0, 0.1) is 22.9 Å². The van der Waals surface area contributed by atoms with Gasteiger partial charge in [-0.25, -0.2) is 17.6 Å². The predicted molar refractivity (Wildman–Crippen MR) is 139 cm³/mol. The number of halogens is 4. The highest BCUT2D eigenvalue weighted by atomic mass is 19.2. The van der Waals surface area contributed by atoms with Crippen LogP contribution in [0.15, 0.2) is 36.5 Å². The number of benzene rings is 2. The maximum atomic E-state index is 15.8. The van der Waals surface area contributed by atoms with E-state index in [1.807, 2.05) is 0 Å². The Labute approximate surface area is 219 Å². The van der Waals surface area contributed by atoms with E-state index in [0.717, 1.165) is 12.1 Å². The maximum absolute atomic E-state index is 15.8. The van der Waals surface area contributed by atoms with Crippen LogP contribution in [0.25, 0.3) is 10.9 Å². The Morgan fingerprint density at radius 3 is 2.50 bits per heavy atom. The van der Waals surface area contributed by atoms with Crippen molar-refractivity contribution in [1.29, 1.82) is 0 Å². The maximum Gasteiger partial charge on any atom is 0.194 e. The second-order valence-corrected chi connectivity index (χ2v) is 9.97. The first-order valence-electron chi connectivity index (χ1n) is 12.8. The van der Waals surface area contributed by atoms with E-state index in [2.05, 4.69) is 15.2 Å². The fourth-order valence-electron chi connectivity index (χ4n) is 5.22. The number of methoxy groups -OCH3 is 1. The molecule has 1 saturated heterocycles. The topological polar surface area (TPSA) is 83.6 Å². The molecule has 1 fully saturated rings. The molecule has 4 rings (SSSR count). The van der Waals surface area contributed by atoms with Gasteiger partial charge < -0.3 is 25.8 Å². The van der Waals surface area contributed by atoms with E-state index >= 15 is 4.39 Å². The molecule has 2 heterocycles. The number of nitrogens with two attached hydrogens (primary N) is 1. The number of fused-ring (bicyclic) bond motifs is 1. The van der Waals surface area contributed by atoms with Gasteiger partial charge >= 0.3 is 0 Å². The number of anilines is 1. The molecule has 2 aromatic carbocycles. The Bertz CT molecular complexity index is 1220. The van der Waals surface area contributed by atoms with E-state index in [1.165, 1.54) is 0 Å². The van der Waals surface area contributed by atoms with Crippen LogP contribution < -0.4 is 15.8 Å². The number of nitrogens with zero attached hydrogens (tertiary/aromatic N) is 2. The summed E-state index contributed by atoms with van der Waals surface area (Å²) >= 11 is 0. The van der Waals surface area contributed by atoms with Crippen LogP contribution >= 0.6 is 0 Å². The Kier molecular flexibility index (Phi) is 9.07. The molecule has 1 aliphatic rings. The third-order valence-corrected chi connectivity index (χ3v) is 7.65. The lowest BCUT2D eigenvalue weighted by Crippen LogP contribution is -2.43. The van der Waals surface area contributed by atoms with Gasteiger partial charge in [0.2, 0.25) is 0 Å².